The van der Waals surface area contributed by atoms with Crippen LogP contribution in [0.15, 0.2) is 0 Å². The Bertz CT molecular complexity index is 246. The van der Waals surface area contributed by atoms with Gasteiger partial charge in [-0.3, -0.25) is 0 Å². The zero-order valence-corrected chi connectivity index (χ0v) is 10.6. The van der Waals surface area contributed by atoms with Crippen molar-refractivity contribution in [1.82, 2.24) is 20.6 Å². The second-order valence-corrected chi connectivity index (χ2v) is 4.46. The highest BCUT2D eigenvalue weighted by Gasteiger charge is 2.14. The minimum atomic E-state index is 0.505. The molecule has 0 aromatic carbocycles. The maximum absolute atomic E-state index is 4.10. The normalized spacial score (nSPS) is 12.9. The lowest BCUT2D eigenvalue weighted by atomic mass is 9.95. The van der Waals surface area contributed by atoms with Crippen LogP contribution < -0.4 is 0 Å². The molecule has 1 aromatic rings. The van der Waals surface area contributed by atoms with Crippen LogP contribution in [0.1, 0.15) is 77.0 Å². The van der Waals surface area contributed by atoms with Crippen LogP contribution in [0, 0.1) is 0 Å². The van der Waals surface area contributed by atoms with Gasteiger partial charge < -0.3 is 0 Å². The fraction of sp³-hybridized carbons (Fsp3) is 0.917. The Morgan fingerprint density at radius 2 is 1.81 bits per heavy atom. The summed E-state index contributed by atoms with van der Waals surface area (Å²) in [6, 6.07) is 0. The van der Waals surface area contributed by atoms with Crippen LogP contribution in [0.2, 0.25) is 0 Å². The number of unbranched alkanes of at least 4 members (excludes halogenated alkanes) is 4. The van der Waals surface area contributed by atoms with Gasteiger partial charge in [-0.05, 0) is 12.8 Å². The molecule has 0 aliphatic carbocycles. The zero-order valence-electron chi connectivity index (χ0n) is 10.6. The Labute approximate surface area is 98.2 Å². The highest BCUT2D eigenvalue weighted by molar-refractivity contribution is 4.90. The molecular weight excluding hydrogens is 200 g/mol. The van der Waals surface area contributed by atoms with E-state index >= 15 is 0 Å². The summed E-state index contributed by atoms with van der Waals surface area (Å²) in [6.45, 7) is 4.46. The van der Waals surface area contributed by atoms with E-state index in [9.17, 15) is 0 Å². The van der Waals surface area contributed by atoms with Crippen molar-refractivity contribution in [3.05, 3.63) is 5.82 Å². The summed E-state index contributed by atoms with van der Waals surface area (Å²) in [6.07, 6.45) is 10.2. The molecule has 92 valence electrons. The van der Waals surface area contributed by atoms with Gasteiger partial charge in [0.25, 0.3) is 0 Å². The smallest absolute Gasteiger partial charge is 0.177 e. The van der Waals surface area contributed by atoms with Gasteiger partial charge in [0.05, 0.1) is 0 Å². The van der Waals surface area contributed by atoms with E-state index in [1.165, 1.54) is 51.4 Å². The highest BCUT2D eigenvalue weighted by Crippen LogP contribution is 2.23. The number of rotatable bonds is 9. The molecule has 4 heteroatoms. The van der Waals surface area contributed by atoms with Crippen LogP contribution in [0.4, 0.5) is 0 Å². The van der Waals surface area contributed by atoms with Gasteiger partial charge in [0.1, 0.15) is 0 Å². The molecule has 0 saturated carbocycles. The van der Waals surface area contributed by atoms with Gasteiger partial charge in [-0.15, -0.1) is 10.2 Å². The van der Waals surface area contributed by atoms with Crippen molar-refractivity contribution in [3.8, 4) is 0 Å². The third-order valence-electron chi connectivity index (χ3n) is 3.02. The van der Waals surface area contributed by atoms with Crippen LogP contribution in [0.5, 0.6) is 0 Å². The first-order valence-electron chi connectivity index (χ1n) is 6.61. The molecule has 0 aliphatic rings. The predicted octanol–water partition coefficient (Wildman–Crippen LogP) is 3.44. The molecule has 0 spiro atoms. The molecule has 0 saturated heterocycles. The standard InChI is InChI=1S/C12H24N4/c1-3-5-6-7-8-10-11(9-4-2)12-13-15-16-14-12/h11H,3-10H2,1-2H3,(H,13,14,15,16). The predicted molar refractivity (Wildman–Crippen MR) is 65.2 cm³/mol. The average Bonchev–Trinajstić information content (AvgIpc) is 2.81. The second-order valence-electron chi connectivity index (χ2n) is 4.46. The average molecular weight is 224 g/mol. The molecule has 1 aromatic heterocycles. The van der Waals surface area contributed by atoms with Crippen LogP contribution in [-0.4, -0.2) is 20.6 Å². The molecule has 1 heterocycles. The number of aromatic amines is 1. The maximum atomic E-state index is 4.10. The minimum Gasteiger partial charge on any atom is -0.177 e. The Balaban J connectivity index is 2.24. The third kappa shape index (κ3) is 4.73. The molecule has 0 aliphatic heterocycles. The molecule has 0 amide bonds. The Morgan fingerprint density at radius 1 is 1.00 bits per heavy atom. The van der Waals surface area contributed by atoms with Crippen molar-refractivity contribution in [3.63, 3.8) is 0 Å². The maximum Gasteiger partial charge on any atom is 0.177 e. The van der Waals surface area contributed by atoms with Crippen molar-refractivity contribution in [2.24, 2.45) is 0 Å². The molecule has 1 unspecified atom stereocenters. The van der Waals surface area contributed by atoms with Gasteiger partial charge in [0.15, 0.2) is 5.82 Å². The van der Waals surface area contributed by atoms with Crippen molar-refractivity contribution in [1.29, 1.82) is 0 Å². The summed E-state index contributed by atoms with van der Waals surface area (Å²) in [5, 5.41) is 14.4. The van der Waals surface area contributed by atoms with Crippen LogP contribution in [-0.2, 0) is 0 Å². The molecular formula is C12H24N4. The Hall–Kier alpha value is -0.930. The minimum absolute atomic E-state index is 0.505. The van der Waals surface area contributed by atoms with E-state index in [0.29, 0.717) is 5.92 Å². The quantitative estimate of drug-likeness (QED) is 0.654. The van der Waals surface area contributed by atoms with Crippen LogP contribution >= 0.6 is 0 Å². The zero-order chi connectivity index (χ0) is 11.6. The summed E-state index contributed by atoms with van der Waals surface area (Å²) in [5.74, 6) is 1.41. The first-order valence-corrected chi connectivity index (χ1v) is 6.61. The van der Waals surface area contributed by atoms with Gasteiger partial charge in [-0.2, -0.15) is 5.21 Å². The molecule has 1 N–H and O–H groups in total. The van der Waals surface area contributed by atoms with Crippen molar-refractivity contribution in [2.75, 3.05) is 0 Å². The molecule has 0 fully saturated rings. The third-order valence-corrected chi connectivity index (χ3v) is 3.02. The van der Waals surface area contributed by atoms with Gasteiger partial charge in [-0.25, -0.2) is 0 Å². The summed E-state index contributed by atoms with van der Waals surface area (Å²) in [4.78, 5) is 0. The summed E-state index contributed by atoms with van der Waals surface area (Å²) in [7, 11) is 0. The fourth-order valence-electron chi connectivity index (χ4n) is 2.09. The number of nitrogens with zero attached hydrogens (tertiary/aromatic N) is 3. The van der Waals surface area contributed by atoms with E-state index in [0.717, 1.165) is 5.82 Å². The van der Waals surface area contributed by atoms with Crippen LogP contribution in [0.25, 0.3) is 0 Å². The van der Waals surface area contributed by atoms with Crippen molar-refractivity contribution >= 4 is 0 Å². The van der Waals surface area contributed by atoms with E-state index in [4.69, 9.17) is 0 Å². The van der Waals surface area contributed by atoms with Gasteiger partial charge >= 0.3 is 0 Å². The van der Waals surface area contributed by atoms with E-state index < -0.39 is 0 Å². The summed E-state index contributed by atoms with van der Waals surface area (Å²) < 4.78 is 0. The SMILES string of the molecule is CCCCCCCC(CCC)c1nn[nH]n1. The summed E-state index contributed by atoms with van der Waals surface area (Å²) in [5.41, 5.74) is 0. The van der Waals surface area contributed by atoms with Crippen molar-refractivity contribution < 1.29 is 0 Å². The summed E-state index contributed by atoms with van der Waals surface area (Å²) >= 11 is 0. The topological polar surface area (TPSA) is 54.5 Å². The second kappa shape index (κ2) is 8.25. The molecule has 0 radical (unpaired) electrons. The number of H-pyrrole nitrogens is 1. The molecule has 16 heavy (non-hydrogen) atoms. The lowest BCUT2D eigenvalue weighted by molar-refractivity contribution is 0.498. The number of aromatic nitrogens is 4. The van der Waals surface area contributed by atoms with E-state index in [1.54, 1.807) is 0 Å². The lowest BCUT2D eigenvalue weighted by Crippen LogP contribution is -2.01. The first-order chi connectivity index (χ1) is 7.88. The largest absolute Gasteiger partial charge is 0.177 e. The Morgan fingerprint density at radius 3 is 2.44 bits per heavy atom. The number of nitrogens with one attached hydrogen (secondary N) is 1. The number of hydrogen-bond acceptors (Lipinski definition) is 3. The fourth-order valence-corrected chi connectivity index (χ4v) is 2.09. The first kappa shape index (κ1) is 13.1. The monoisotopic (exact) mass is 224 g/mol. The van der Waals surface area contributed by atoms with E-state index in [1.807, 2.05) is 0 Å². The molecule has 1 rings (SSSR count). The van der Waals surface area contributed by atoms with Gasteiger partial charge in [0.2, 0.25) is 0 Å². The molecule has 0 bridgehead atoms. The van der Waals surface area contributed by atoms with Crippen molar-refractivity contribution in [2.45, 2.75) is 71.1 Å². The van der Waals surface area contributed by atoms with Gasteiger partial charge in [0, 0.05) is 5.92 Å². The molecule has 4 nitrogen and oxygen atoms in total. The highest BCUT2D eigenvalue weighted by atomic mass is 15.5. The number of hydrogen-bond donors (Lipinski definition) is 1. The van der Waals surface area contributed by atoms with Crippen LogP contribution in [0.3, 0.4) is 0 Å². The molecule has 1 atom stereocenters. The lowest BCUT2D eigenvalue weighted by Gasteiger charge is -2.11. The van der Waals surface area contributed by atoms with E-state index in [-0.39, 0.29) is 0 Å². The Kier molecular flexibility index (Phi) is 6.77. The number of tetrazole rings is 1. The van der Waals surface area contributed by atoms with Gasteiger partial charge in [-0.1, -0.05) is 57.6 Å². The van der Waals surface area contributed by atoms with E-state index in [2.05, 4.69) is 34.5 Å².